The van der Waals surface area contributed by atoms with Crippen LogP contribution in [0.3, 0.4) is 0 Å². The van der Waals surface area contributed by atoms with Crippen molar-refractivity contribution in [2.75, 3.05) is 47.5 Å². The van der Waals surface area contributed by atoms with Crippen LogP contribution in [0.25, 0.3) is 0 Å². The van der Waals surface area contributed by atoms with Gasteiger partial charge in [-0.3, -0.25) is 18.6 Å². The lowest BCUT2D eigenvalue weighted by Gasteiger charge is -2.24. The smallest absolute Gasteiger partial charge is 0.462 e. The van der Waals surface area contributed by atoms with Crippen LogP contribution in [0.15, 0.2) is 194 Å². The number of unbranched alkanes of at least 4 members (excludes halogenated alkanes) is 26. The lowest BCUT2D eigenvalue weighted by molar-refractivity contribution is -0.870. The highest BCUT2D eigenvalue weighted by atomic mass is 31.2. The number of hydrogen-bond acceptors (Lipinski definition) is 7. The summed E-state index contributed by atoms with van der Waals surface area (Å²) in [6.07, 6.45) is 121. The Morgan fingerprint density at radius 2 is 0.540 bits per heavy atom. The SMILES string of the molecule is CC/C=C\C/C=C\C/C=C\C/C=C\C/C=C\C/C=C\C/C=C\C/C=C\C/C=C\C/C=C\CCCCCCCCC(=O)OC(COC(=O)CCCCCCCCCCCCCCCCCCCCCC/C=C\C/C=C\C/C=C\C/C=C\C/C=C\C/C=C\CC)COP(=O)(O)OCC[N+](C)(C)C. The second-order valence-electron chi connectivity index (χ2n) is 27.3. The van der Waals surface area contributed by atoms with Gasteiger partial charge in [0.15, 0.2) is 6.10 Å². The van der Waals surface area contributed by atoms with E-state index in [-0.39, 0.29) is 32.0 Å². The maximum absolute atomic E-state index is 12.9. The van der Waals surface area contributed by atoms with Crippen LogP contribution in [0.4, 0.5) is 0 Å². The molecule has 0 saturated heterocycles. The molecule has 2 unspecified atom stereocenters. The van der Waals surface area contributed by atoms with Crippen molar-refractivity contribution >= 4 is 19.8 Å². The number of allylic oxidation sites excluding steroid dienone is 32. The predicted octanol–water partition coefficient (Wildman–Crippen LogP) is 27.2. The van der Waals surface area contributed by atoms with Gasteiger partial charge in [-0.1, -0.05) is 350 Å². The van der Waals surface area contributed by atoms with Gasteiger partial charge in [0, 0.05) is 12.8 Å². The van der Waals surface area contributed by atoms with Gasteiger partial charge >= 0.3 is 19.8 Å². The zero-order valence-corrected chi connectivity index (χ0v) is 65.5. The maximum Gasteiger partial charge on any atom is 0.472 e. The van der Waals surface area contributed by atoms with E-state index in [0.717, 1.165) is 161 Å². The third-order valence-corrected chi connectivity index (χ3v) is 17.6. The average Bonchev–Trinajstić information content (AvgIpc) is 1.02. The van der Waals surface area contributed by atoms with Crippen LogP contribution >= 0.6 is 7.82 Å². The van der Waals surface area contributed by atoms with E-state index in [4.69, 9.17) is 18.5 Å². The van der Waals surface area contributed by atoms with E-state index >= 15 is 0 Å². The first-order valence-corrected chi connectivity index (χ1v) is 41.7. The Bertz CT molecular complexity index is 2400. The Morgan fingerprint density at radius 3 is 0.800 bits per heavy atom. The minimum absolute atomic E-state index is 0.0205. The number of quaternary nitrogens is 1. The molecular weight excluding hydrogens is 1250 g/mol. The summed E-state index contributed by atoms with van der Waals surface area (Å²) in [6.45, 7) is 4.19. The van der Waals surface area contributed by atoms with Crippen molar-refractivity contribution in [3.63, 3.8) is 0 Å². The van der Waals surface area contributed by atoms with E-state index in [9.17, 15) is 19.0 Å². The van der Waals surface area contributed by atoms with Crippen LogP contribution in [0.2, 0.25) is 0 Å². The third kappa shape index (κ3) is 81.8. The van der Waals surface area contributed by atoms with Crippen molar-refractivity contribution in [1.82, 2.24) is 0 Å². The molecule has 0 aliphatic rings. The van der Waals surface area contributed by atoms with Crippen LogP contribution in [0.5, 0.6) is 0 Å². The number of esters is 2. The number of hydrogen-bond donors (Lipinski definition) is 1. The number of rotatable bonds is 72. The zero-order valence-electron chi connectivity index (χ0n) is 64.6. The molecule has 0 radical (unpaired) electrons. The summed E-state index contributed by atoms with van der Waals surface area (Å²) in [6, 6.07) is 0. The van der Waals surface area contributed by atoms with E-state index < -0.39 is 26.5 Å². The zero-order chi connectivity index (χ0) is 72.5. The molecule has 566 valence electrons. The van der Waals surface area contributed by atoms with E-state index in [0.29, 0.717) is 17.4 Å². The Kier molecular flexibility index (Phi) is 74.0. The van der Waals surface area contributed by atoms with Gasteiger partial charge in [-0.05, 0) is 141 Å². The molecule has 0 aliphatic carbocycles. The van der Waals surface area contributed by atoms with Crippen LogP contribution in [0.1, 0.15) is 309 Å². The molecular formula is C90H149NO8P+. The van der Waals surface area contributed by atoms with E-state index in [1.807, 2.05) is 21.1 Å². The van der Waals surface area contributed by atoms with Crippen molar-refractivity contribution in [3.05, 3.63) is 194 Å². The minimum atomic E-state index is -4.41. The highest BCUT2D eigenvalue weighted by molar-refractivity contribution is 7.47. The highest BCUT2D eigenvalue weighted by Gasteiger charge is 2.27. The number of carbonyl (C=O) groups excluding carboxylic acids is 2. The molecule has 0 heterocycles. The van der Waals surface area contributed by atoms with Gasteiger partial charge in [0.1, 0.15) is 19.8 Å². The molecule has 0 aromatic rings. The van der Waals surface area contributed by atoms with E-state index in [1.165, 1.54) is 116 Å². The molecule has 0 aromatic carbocycles. The fraction of sp³-hybridized carbons (Fsp3) is 0.622. The van der Waals surface area contributed by atoms with Crippen LogP contribution in [-0.4, -0.2) is 74.9 Å². The first-order valence-electron chi connectivity index (χ1n) is 40.2. The molecule has 0 aliphatic heterocycles. The second kappa shape index (κ2) is 78.0. The lowest BCUT2D eigenvalue weighted by atomic mass is 10.0. The van der Waals surface area contributed by atoms with Gasteiger partial charge in [0.05, 0.1) is 27.7 Å². The molecule has 1 N–H and O–H groups in total. The summed E-state index contributed by atoms with van der Waals surface area (Å²) in [5, 5.41) is 0. The topological polar surface area (TPSA) is 108 Å². The number of nitrogens with zero attached hydrogens (tertiary/aromatic N) is 1. The normalized spacial score (nSPS) is 14.1. The Morgan fingerprint density at radius 1 is 0.310 bits per heavy atom. The van der Waals surface area contributed by atoms with Gasteiger partial charge in [0.2, 0.25) is 0 Å². The fourth-order valence-corrected chi connectivity index (χ4v) is 11.3. The van der Waals surface area contributed by atoms with Crippen molar-refractivity contribution < 1.29 is 42.1 Å². The molecule has 100 heavy (non-hydrogen) atoms. The minimum Gasteiger partial charge on any atom is -0.462 e. The van der Waals surface area contributed by atoms with Gasteiger partial charge in [-0.2, -0.15) is 0 Å². The van der Waals surface area contributed by atoms with Gasteiger partial charge in [-0.25, -0.2) is 4.57 Å². The largest absolute Gasteiger partial charge is 0.472 e. The Balaban J connectivity index is 4.05. The molecule has 0 aromatic heterocycles. The number of ether oxygens (including phenoxy) is 2. The third-order valence-electron chi connectivity index (χ3n) is 16.6. The lowest BCUT2D eigenvalue weighted by Crippen LogP contribution is -2.37. The number of phosphoric ester groups is 1. The number of likely N-dealkylation sites (N-methyl/N-ethyl adjacent to an activating group) is 1. The van der Waals surface area contributed by atoms with Gasteiger partial charge in [0.25, 0.3) is 0 Å². The van der Waals surface area contributed by atoms with Crippen LogP contribution in [0, 0.1) is 0 Å². The molecule has 0 bridgehead atoms. The molecule has 10 heteroatoms. The number of phosphoric acid groups is 1. The maximum atomic E-state index is 12.9. The summed E-state index contributed by atoms with van der Waals surface area (Å²) in [5.74, 6) is -0.817. The summed E-state index contributed by atoms with van der Waals surface area (Å²) < 4.78 is 34.8. The summed E-state index contributed by atoms with van der Waals surface area (Å²) >= 11 is 0. The van der Waals surface area contributed by atoms with Crippen molar-refractivity contribution in [2.45, 2.75) is 315 Å². The molecule has 0 rings (SSSR count). The predicted molar refractivity (Wildman–Crippen MR) is 435 cm³/mol. The van der Waals surface area contributed by atoms with Crippen molar-refractivity contribution in [3.8, 4) is 0 Å². The van der Waals surface area contributed by atoms with Crippen molar-refractivity contribution in [1.29, 1.82) is 0 Å². The molecule has 0 saturated carbocycles. The molecule has 0 fully saturated rings. The van der Waals surface area contributed by atoms with Gasteiger partial charge in [-0.15, -0.1) is 0 Å². The highest BCUT2D eigenvalue weighted by Crippen LogP contribution is 2.43. The van der Waals surface area contributed by atoms with Gasteiger partial charge < -0.3 is 18.9 Å². The summed E-state index contributed by atoms with van der Waals surface area (Å²) in [4.78, 5) is 36.0. The molecule has 2 atom stereocenters. The fourth-order valence-electron chi connectivity index (χ4n) is 10.6. The first-order chi connectivity index (χ1) is 49.0. The monoisotopic (exact) mass is 1400 g/mol. The Hall–Kier alpha value is -5.15. The van der Waals surface area contributed by atoms with E-state index in [2.05, 4.69) is 208 Å². The summed E-state index contributed by atoms with van der Waals surface area (Å²) in [7, 11) is 1.45. The van der Waals surface area contributed by atoms with E-state index in [1.54, 1.807) is 0 Å². The Labute approximate surface area is 615 Å². The molecule has 0 spiro atoms. The summed E-state index contributed by atoms with van der Waals surface area (Å²) in [5.41, 5.74) is 0. The standard InChI is InChI=1S/C90H148NO8P/c1-6-8-10-12-14-16-18-20-22-24-26-28-30-32-34-36-38-40-42-44-45-47-48-50-52-54-56-58-60-62-64-66-68-70-72-74-76-78-80-82-89(92)96-86-88(87-98-100(94,95)97-85-84-91(3,4)5)99-90(93)83-81-79-77-75-73-71-69-67-65-63-61-59-57-55-53-51-49-46-43-41-39-37-35-33-31-29-27-25-23-21-19-17-15-13-11-9-7-2/h8-11,14-17,20-23,26-29,32-35,38-41,46,49,53,55,59,61,65,67,88H,6-7,12-13,18-19,24-25,30-31,36-37,42-45,47-48,50-52,54,56-58,60,62-64,66,68-87H2,1-5H3/p+1/b10-8-,11-9-,16-14-,17-15-,22-20-,23-21-,28-26-,29-27-,34-32-,35-33-,40-38-,41-39-,49-46-,55-53-,61-59-,67-65-. The second-order valence-corrected chi connectivity index (χ2v) is 28.8. The molecule has 0 amide bonds. The quantitative estimate of drug-likeness (QED) is 0.0211. The van der Waals surface area contributed by atoms with Crippen LogP contribution in [-0.2, 0) is 32.7 Å². The molecule has 9 nitrogen and oxygen atoms in total. The number of carbonyl (C=O) groups is 2. The van der Waals surface area contributed by atoms with Crippen LogP contribution < -0.4 is 0 Å². The first kappa shape index (κ1) is 94.8. The average molecular weight is 1400 g/mol. The van der Waals surface area contributed by atoms with Crippen molar-refractivity contribution in [2.24, 2.45) is 0 Å².